The van der Waals surface area contributed by atoms with E-state index in [-0.39, 0.29) is 26.8 Å². The number of ether oxygens (including phenoxy) is 1. The average molecular weight is 305 g/mol. The zero-order valence-corrected chi connectivity index (χ0v) is 10.5. The van der Waals surface area contributed by atoms with E-state index in [1.54, 1.807) is 13.2 Å². The number of methoxy groups -OCH3 is 1. The topological polar surface area (TPSA) is 33.1 Å². The molecular formula is C11H16INO. The highest BCUT2D eigenvalue weighted by Crippen LogP contribution is 2.02. The van der Waals surface area contributed by atoms with Crippen LogP contribution >= 0.6 is 20.7 Å². The first kappa shape index (κ1) is 13.4. The Morgan fingerprint density at radius 3 is 2.93 bits per heavy atom. The summed E-state index contributed by atoms with van der Waals surface area (Å²) in [6.07, 6.45) is 9.82. The molecule has 0 aromatic heterocycles. The van der Waals surface area contributed by atoms with Crippen molar-refractivity contribution in [3.63, 3.8) is 0 Å². The van der Waals surface area contributed by atoms with Gasteiger partial charge in [-0.25, -0.2) is 0 Å². The van der Waals surface area contributed by atoms with Crippen LogP contribution in [-0.4, -0.2) is 23.4 Å². The monoisotopic (exact) mass is 305 g/mol. The van der Waals surface area contributed by atoms with Gasteiger partial charge in [0.1, 0.15) is 0 Å². The summed E-state index contributed by atoms with van der Waals surface area (Å²) in [5, 5.41) is 6.83. The summed E-state index contributed by atoms with van der Waals surface area (Å²) in [4.78, 5) is 0. The molecule has 1 N–H and O–H groups in total. The Hall–Kier alpha value is -0.550. The summed E-state index contributed by atoms with van der Waals surface area (Å²) in [7, 11) is 1.69. The average Bonchev–Trinajstić information content (AvgIpc) is 2.22. The molecule has 1 unspecified atom stereocenters. The molecule has 3 heteroatoms. The molecule has 1 atom stereocenters. The maximum absolute atomic E-state index is 6.83. The van der Waals surface area contributed by atoms with E-state index in [2.05, 4.69) is 14.7 Å². The molecule has 0 bridgehead atoms. The van der Waals surface area contributed by atoms with Crippen LogP contribution in [0, 0.1) is 5.41 Å². The van der Waals surface area contributed by atoms with Crippen LogP contribution in [0.5, 0.6) is 0 Å². The number of hydrogen-bond donors (Lipinski definition) is 1. The third-order valence-corrected chi connectivity index (χ3v) is 3.37. The predicted octanol–water partition coefficient (Wildman–Crippen LogP) is 3.07. The molecule has 0 aliphatic rings. The predicted molar refractivity (Wildman–Crippen MR) is 72.8 cm³/mol. The molecular weight excluding hydrogens is 289 g/mol. The second-order valence-corrected chi connectivity index (χ2v) is 4.53. The van der Waals surface area contributed by atoms with Crippen molar-refractivity contribution in [2.75, 3.05) is 7.11 Å². The fourth-order valence-corrected chi connectivity index (χ4v) is 2.41. The first-order valence-electron chi connectivity index (χ1n) is 4.26. The Kier molecular flexibility index (Phi) is 10.1. The van der Waals surface area contributed by atoms with Crippen molar-refractivity contribution >= 4 is 31.0 Å². The summed E-state index contributed by atoms with van der Waals surface area (Å²) in [5.41, 5.74) is 0. The van der Waals surface area contributed by atoms with Crippen LogP contribution in [0.1, 0.15) is 6.42 Å². The number of nitrogens with one attached hydrogen (secondary N) is 1. The Morgan fingerprint density at radius 2 is 2.36 bits per heavy atom. The molecule has 0 amide bonds. The quantitative estimate of drug-likeness (QED) is 0.438. The second-order valence-electron chi connectivity index (χ2n) is 2.37. The first-order chi connectivity index (χ1) is 6.85. The van der Waals surface area contributed by atoms with Gasteiger partial charge in [-0.15, -0.1) is 0 Å². The van der Waals surface area contributed by atoms with Crippen LogP contribution in [-0.2, 0) is 4.74 Å². The lowest BCUT2D eigenvalue weighted by atomic mass is 10.3. The van der Waals surface area contributed by atoms with E-state index >= 15 is 0 Å². The van der Waals surface area contributed by atoms with Crippen molar-refractivity contribution in [1.82, 2.24) is 0 Å². The van der Waals surface area contributed by atoms with Crippen LogP contribution in [0.15, 0.2) is 35.0 Å². The maximum atomic E-state index is 6.83. The fourth-order valence-electron chi connectivity index (χ4n) is 0.645. The van der Waals surface area contributed by atoms with Crippen molar-refractivity contribution in [3.8, 4) is 0 Å². The number of allylic oxidation sites excluding steroid dienone is 3. The molecule has 0 aliphatic heterocycles. The van der Waals surface area contributed by atoms with E-state index in [1.807, 2.05) is 18.2 Å². The molecule has 0 saturated carbocycles. The molecule has 0 saturated heterocycles. The minimum atomic E-state index is -0.0715. The van der Waals surface area contributed by atoms with Gasteiger partial charge in [0, 0.05) is 13.5 Å². The highest BCUT2D eigenvalue weighted by Gasteiger charge is 1.93. The third-order valence-electron chi connectivity index (χ3n) is 1.32. The molecule has 0 aromatic rings. The molecule has 0 aromatic carbocycles. The third kappa shape index (κ3) is 8.07. The van der Waals surface area contributed by atoms with Gasteiger partial charge in [0.2, 0.25) is 0 Å². The lowest BCUT2D eigenvalue weighted by Crippen LogP contribution is -2.05. The molecule has 0 radical (unpaired) electrons. The van der Waals surface area contributed by atoms with Crippen molar-refractivity contribution in [1.29, 1.82) is 5.41 Å². The Morgan fingerprint density at radius 1 is 1.57 bits per heavy atom. The molecule has 78 valence electrons. The van der Waals surface area contributed by atoms with Crippen molar-refractivity contribution in [3.05, 3.63) is 35.0 Å². The molecule has 2 nitrogen and oxygen atoms in total. The summed E-state index contributed by atoms with van der Waals surface area (Å²) < 4.78 is 9.52. The van der Waals surface area contributed by atoms with Gasteiger partial charge in [-0.2, -0.15) is 0 Å². The van der Waals surface area contributed by atoms with Crippen LogP contribution in [0.3, 0.4) is 0 Å². The Bertz CT molecular complexity index is 244. The smallest absolute Gasteiger partial charge is 0.0991 e. The van der Waals surface area contributed by atoms with E-state index in [0.29, 0.717) is 0 Å². The number of rotatable bonds is 7. The number of hydrogen-bond acceptors (Lipinski definition) is 2. The molecule has 0 heterocycles. The summed E-state index contributed by atoms with van der Waals surface area (Å²) in [6.45, 7) is 3.60. The lowest BCUT2D eigenvalue weighted by molar-refractivity contribution is 0.196. The van der Waals surface area contributed by atoms with Crippen molar-refractivity contribution in [2.24, 2.45) is 0 Å². The van der Waals surface area contributed by atoms with Gasteiger partial charge >= 0.3 is 0 Å². The van der Waals surface area contributed by atoms with E-state index < -0.39 is 0 Å². The fraction of sp³-hybridized carbons (Fsp3) is 0.273. The molecule has 0 spiro atoms. The van der Waals surface area contributed by atoms with Crippen LogP contribution in [0.2, 0.25) is 0 Å². The first-order valence-corrected chi connectivity index (χ1v) is 6.75. The van der Waals surface area contributed by atoms with Crippen molar-refractivity contribution in [2.45, 2.75) is 12.5 Å². The van der Waals surface area contributed by atoms with Gasteiger partial charge in [-0.05, 0) is 14.3 Å². The van der Waals surface area contributed by atoms with Gasteiger partial charge in [0.25, 0.3) is 0 Å². The highest BCUT2D eigenvalue weighted by molar-refractivity contribution is 14.2. The van der Waals surface area contributed by atoms with Crippen LogP contribution < -0.4 is 0 Å². The molecule has 0 fully saturated rings. The Balaban J connectivity index is 3.96. The normalized spacial score (nSPS) is 14.6. The molecule has 14 heavy (non-hydrogen) atoms. The second kappa shape index (κ2) is 10.5. The minimum absolute atomic E-state index is 0.0715. The van der Waals surface area contributed by atoms with Crippen molar-refractivity contribution < 1.29 is 4.74 Å². The zero-order chi connectivity index (χ0) is 10.6. The van der Waals surface area contributed by atoms with Crippen LogP contribution in [0.4, 0.5) is 0 Å². The largest absolute Gasteiger partial charge is 0.373 e. The van der Waals surface area contributed by atoms with E-state index in [1.165, 1.54) is 6.21 Å². The SMILES string of the molecule is C=C/C=C\C(C=I/C=C\CC=N)OC. The van der Waals surface area contributed by atoms with E-state index in [4.69, 9.17) is 10.1 Å². The highest BCUT2D eigenvalue weighted by atomic mass is 127. The Labute approximate surface area is 95.6 Å². The van der Waals surface area contributed by atoms with Gasteiger partial charge in [0.15, 0.2) is 0 Å². The summed E-state index contributed by atoms with van der Waals surface area (Å²) in [6, 6.07) is 0. The van der Waals surface area contributed by atoms with E-state index in [9.17, 15) is 0 Å². The van der Waals surface area contributed by atoms with Gasteiger partial charge in [0.05, 0.1) is 6.10 Å². The van der Waals surface area contributed by atoms with E-state index in [0.717, 1.165) is 6.42 Å². The van der Waals surface area contributed by atoms with Crippen LogP contribution in [0.25, 0.3) is 0 Å². The molecule has 0 aliphatic carbocycles. The van der Waals surface area contributed by atoms with Gasteiger partial charge in [-0.1, -0.05) is 51.6 Å². The maximum Gasteiger partial charge on any atom is 0.0991 e. The summed E-state index contributed by atoms with van der Waals surface area (Å²) >= 11 is -0.0715. The van der Waals surface area contributed by atoms with Gasteiger partial charge in [-0.3, -0.25) is 0 Å². The van der Waals surface area contributed by atoms with Gasteiger partial charge < -0.3 is 10.1 Å². The summed E-state index contributed by atoms with van der Waals surface area (Å²) in [5.74, 6) is 0. The molecule has 0 rings (SSSR count). The zero-order valence-electron chi connectivity index (χ0n) is 8.32. The lowest BCUT2D eigenvalue weighted by Gasteiger charge is -2.01. The number of halogens is 1. The minimum Gasteiger partial charge on any atom is -0.373 e. The standard InChI is InChI=1S/C11H16INO/c1-3-4-7-11(14-2)10-12-8-5-6-9-13/h3-5,7-11,13H,1,6H2,2H3/b7-4-,8-5-,13-9?.